The summed E-state index contributed by atoms with van der Waals surface area (Å²) in [6.07, 6.45) is 0.857. The van der Waals surface area contributed by atoms with Gasteiger partial charge in [0.15, 0.2) is 5.76 Å². The molecular weight excluding hydrogens is 310 g/mol. The van der Waals surface area contributed by atoms with Crippen molar-refractivity contribution in [2.24, 2.45) is 0 Å². The fourth-order valence-electron chi connectivity index (χ4n) is 1.74. The number of hydrogen-bond donors (Lipinski definition) is 1. The maximum absolute atomic E-state index is 12.3. The lowest BCUT2D eigenvalue weighted by Gasteiger charge is -2.03. The van der Waals surface area contributed by atoms with Crippen LogP contribution < -0.4 is 5.32 Å². The Morgan fingerprint density at radius 2 is 2.05 bits per heavy atom. The molecule has 21 heavy (non-hydrogen) atoms. The normalized spacial score (nSPS) is 12.1. The molecule has 0 spiro atoms. The summed E-state index contributed by atoms with van der Waals surface area (Å²) in [6.45, 7) is 2.57. The largest absolute Gasteiger partial charge is 0.455 e. The van der Waals surface area contributed by atoms with Gasteiger partial charge in [-0.3, -0.25) is 9.00 Å². The van der Waals surface area contributed by atoms with Crippen LogP contribution in [0.1, 0.15) is 29.7 Å². The van der Waals surface area contributed by atoms with Gasteiger partial charge in [0.2, 0.25) is 0 Å². The van der Waals surface area contributed by atoms with Crippen molar-refractivity contribution in [3.63, 3.8) is 0 Å². The molecule has 1 aromatic carbocycles. The zero-order chi connectivity index (χ0) is 15.2. The molecule has 112 valence electrons. The van der Waals surface area contributed by atoms with Crippen LogP contribution in [0.3, 0.4) is 0 Å². The van der Waals surface area contributed by atoms with Crippen LogP contribution in [0, 0.1) is 0 Å². The maximum Gasteiger partial charge on any atom is 0.286 e. The first-order valence-corrected chi connectivity index (χ1v) is 8.31. The van der Waals surface area contributed by atoms with Crippen LogP contribution in [0.5, 0.6) is 0 Å². The van der Waals surface area contributed by atoms with Gasteiger partial charge in [-0.25, -0.2) is 0 Å². The number of amides is 1. The van der Waals surface area contributed by atoms with Crippen molar-refractivity contribution in [2.75, 3.05) is 6.54 Å². The molecule has 0 aliphatic rings. The van der Waals surface area contributed by atoms with E-state index in [0.29, 0.717) is 22.2 Å². The minimum absolute atomic E-state index is 0.185. The number of carbonyl (C=O) groups is 1. The van der Waals surface area contributed by atoms with Gasteiger partial charge >= 0.3 is 0 Å². The van der Waals surface area contributed by atoms with Gasteiger partial charge in [-0.2, -0.15) is 0 Å². The Balaban J connectivity index is 2.04. The lowest BCUT2D eigenvalue weighted by Crippen LogP contribution is -2.23. The molecule has 1 aromatic heterocycles. The molecule has 1 atom stereocenters. The average molecular weight is 326 g/mol. The van der Waals surface area contributed by atoms with Gasteiger partial charge in [0.1, 0.15) is 5.76 Å². The Morgan fingerprint density at radius 1 is 1.29 bits per heavy atom. The van der Waals surface area contributed by atoms with Crippen molar-refractivity contribution in [2.45, 2.75) is 24.0 Å². The zero-order valence-electron chi connectivity index (χ0n) is 11.6. The Morgan fingerprint density at radius 3 is 2.76 bits per heavy atom. The minimum atomic E-state index is -1.31. The van der Waals surface area contributed by atoms with E-state index < -0.39 is 10.8 Å². The second kappa shape index (κ2) is 7.43. The first-order valence-electron chi connectivity index (χ1n) is 6.61. The number of hydrogen-bond acceptors (Lipinski definition) is 3. The van der Waals surface area contributed by atoms with Gasteiger partial charge in [-0.05, 0) is 30.7 Å². The quantitative estimate of drug-likeness (QED) is 0.885. The Bertz CT molecular complexity index is 654. The van der Waals surface area contributed by atoms with E-state index in [0.717, 1.165) is 6.42 Å². The first-order chi connectivity index (χ1) is 10.1. The second-order valence-corrected chi connectivity index (χ2v) is 6.27. The van der Waals surface area contributed by atoms with Gasteiger partial charge in [0, 0.05) is 6.54 Å². The molecule has 2 aromatic rings. The average Bonchev–Trinajstić information content (AvgIpc) is 2.93. The second-order valence-electron chi connectivity index (χ2n) is 4.44. The molecule has 0 saturated carbocycles. The summed E-state index contributed by atoms with van der Waals surface area (Å²) in [5, 5.41) is 3.19. The van der Waals surface area contributed by atoms with Crippen LogP contribution in [0.2, 0.25) is 5.02 Å². The van der Waals surface area contributed by atoms with Crippen LogP contribution in [0.15, 0.2) is 45.7 Å². The molecule has 0 radical (unpaired) electrons. The van der Waals surface area contributed by atoms with E-state index in [-0.39, 0.29) is 17.4 Å². The molecule has 1 N–H and O–H groups in total. The highest BCUT2D eigenvalue weighted by Gasteiger charge is 2.14. The number of carbonyl (C=O) groups excluding carboxylic acids is 1. The van der Waals surface area contributed by atoms with Crippen LogP contribution in [0.4, 0.5) is 0 Å². The maximum atomic E-state index is 12.3. The third-order valence-corrected chi connectivity index (χ3v) is 4.61. The van der Waals surface area contributed by atoms with Crippen LogP contribution >= 0.6 is 11.6 Å². The fraction of sp³-hybridized carbons (Fsp3) is 0.267. The molecule has 0 saturated heterocycles. The highest BCUT2D eigenvalue weighted by Crippen LogP contribution is 2.22. The Kier molecular flexibility index (Phi) is 5.59. The fourth-order valence-corrected chi connectivity index (χ4v) is 3.22. The molecule has 1 unspecified atom stereocenters. The van der Waals surface area contributed by atoms with E-state index in [1.807, 2.05) is 6.92 Å². The summed E-state index contributed by atoms with van der Waals surface area (Å²) in [4.78, 5) is 12.3. The van der Waals surface area contributed by atoms with E-state index in [2.05, 4.69) is 5.32 Å². The van der Waals surface area contributed by atoms with E-state index in [1.54, 1.807) is 36.4 Å². The zero-order valence-corrected chi connectivity index (χ0v) is 13.2. The van der Waals surface area contributed by atoms with E-state index >= 15 is 0 Å². The van der Waals surface area contributed by atoms with Gasteiger partial charge in [-0.1, -0.05) is 30.7 Å². The van der Waals surface area contributed by atoms with E-state index in [4.69, 9.17) is 16.0 Å². The molecule has 0 aliphatic heterocycles. The monoisotopic (exact) mass is 325 g/mol. The van der Waals surface area contributed by atoms with Crippen molar-refractivity contribution >= 4 is 28.3 Å². The number of halogens is 1. The molecule has 0 fully saturated rings. The molecule has 0 aliphatic carbocycles. The smallest absolute Gasteiger partial charge is 0.286 e. The molecule has 2 rings (SSSR count). The highest BCUT2D eigenvalue weighted by molar-refractivity contribution is 7.84. The van der Waals surface area contributed by atoms with Crippen molar-refractivity contribution in [1.82, 2.24) is 5.32 Å². The van der Waals surface area contributed by atoms with Crippen molar-refractivity contribution < 1.29 is 13.4 Å². The van der Waals surface area contributed by atoms with Crippen LogP contribution in [-0.4, -0.2) is 16.7 Å². The number of rotatable bonds is 6. The lowest BCUT2D eigenvalue weighted by atomic mass is 10.4. The highest BCUT2D eigenvalue weighted by atomic mass is 35.5. The lowest BCUT2D eigenvalue weighted by molar-refractivity contribution is 0.0924. The summed E-state index contributed by atoms with van der Waals surface area (Å²) >= 11 is 6.01. The van der Waals surface area contributed by atoms with Gasteiger partial charge in [-0.15, -0.1) is 0 Å². The van der Waals surface area contributed by atoms with Gasteiger partial charge in [0.25, 0.3) is 5.91 Å². The predicted molar refractivity (Wildman–Crippen MR) is 82.9 cm³/mol. The Labute approximate surface area is 130 Å². The number of furan rings is 1. The third-order valence-electron chi connectivity index (χ3n) is 2.78. The minimum Gasteiger partial charge on any atom is -0.455 e. The topological polar surface area (TPSA) is 59.3 Å². The Hall–Kier alpha value is -1.59. The predicted octanol–water partition coefficient (Wildman–Crippen LogP) is 3.38. The summed E-state index contributed by atoms with van der Waals surface area (Å²) in [5.74, 6) is 0.654. The molecule has 4 nitrogen and oxygen atoms in total. The standard InChI is InChI=1S/C15H16ClNO3S/c1-2-9-17-15(18)13-8-7-11(20-13)10-21(19)14-6-4-3-5-12(14)16/h3-8H,2,9-10H2,1H3,(H,17,18). The van der Waals surface area contributed by atoms with E-state index in [9.17, 15) is 9.00 Å². The molecule has 6 heteroatoms. The summed E-state index contributed by atoms with van der Waals surface area (Å²) in [5.41, 5.74) is 0. The first kappa shape index (κ1) is 15.8. The molecular formula is C15H16ClNO3S. The van der Waals surface area contributed by atoms with E-state index in [1.165, 1.54) is 0 Å². The van der Waals surface area contributed by atoms with Crippen LogP contribution in [0.25, 0.3) is 0 Å². The summed E-state index contributed by atoms with van der Waals surface area (Å²) in [6, 6.07) is 10.2. The van der Waals surface area contributed by atoms with Crippen LogP contribution in [-0.2, 0) is 16.6 Å². The number of benzene rings is 1. The summed E-state index contributed by atoms with van der Waals surface area (Å²) in [7, 11) is -1.31. The van der Waals surface area contributed by atoms with Crippen molar-refractivity contribution in [3.05, 3.63) is 52.9 Å². The third kappa shape index (κ3) is 4.19. The summed E-state index contributed by atoms with van der Waals surface area (Å²) < 4.78 is 17.7. The molecule has 1 amide bonds. The van der Waals surface area contributed by atoms with Gasteiger partial charge < -0.3 is 9.73 Å². The SMILES string of the molecule is CCCNC(=O)c1ccc(CS(=O)c2ccccc2Cl)o1. The molecule has 0 bridgehead atoms. The van der Waals surface area contributed by atoms with Crippen molar-refractivity contribution in [1.29, 1.82) is 0 Å². The van der Waals surface area contributed by atoms with Gasteiger partial charge in [0.05, 0.1) is 26.5 Å². The number of nitrogens with one attached hydrogen (secondary N) is 1. The molecule has 1 heterocycles. The van der Waals surface area contributed by atoms with Crippen molar-refractivity contribution in [3.8, 4) is 0 Å².